The second kappa shape index (κ2) is 3.72. The van der Waals surface area contributed by atoms with Crippen molar-refractivity contribution in [3.05, 3.63) is 28.2 Å². The quantitative estimate of drug-likeness (QED) is 0.795. The van der Waals surface area contributed by atoms with E-state index in [2.05, 4.69) is 15.9 Å². The van der Waals surface area contributed by atoms with Crippen molar-refractivity contribution in [1.82, 2.24) is 0 Å². The molecule has 1 saturated heterocycles. The number of fused-ring (bicyclic) bond motifs is 1. The summed E-state index contributed by atoms with van der Waals surface area (Å²) in [7, 11) is 0. The van der Waals surface area contributed by atoms with Crippen molar-refractivity contribution in [2.24, 2.45) is 0 Å². The van der Waals surface area contributed by atoms with Gasteiger partial charge in [-0.05, 0) is 18.2 Å². The van der Waals surface area contributed by atoms with Crippen LogP contribution in [0.4, 0.5) is 0 Å². The van der Waals surface area contributed by atoms with Crippen LogP contribution in [0, 0.1) is 0 Å². The Kier molecular flexibility index (Phi) is 2.46. The number of halogens is 1. The number of hydrogen-bond donors (Lipinski definition) is 1. The Morgan fingerprint density at radius 3 is 3.06 bits per heavy atom. The predicted octanol–water partition coefficient (Wildman–Crippen LogP) is 2.42. The maximum atomic E-state index is 10.2. The first kappa shape index (κ1) is 10.6. The van der Waals surface area contributed by atoms with Crippen LogP contribution in [0.3, 0.4) is 0 Å². The van der Waals surface area contributed by atoms with Crippen molar-refractivity contribution in [3.63, 3.8) is 0 Å². The van der Waals surface area contributed by atoms with Gasteiger partial charge in [0, 0.05) is 22.9 Å². The van der Waals surface area contributed by atoms with Crippen molar-refractivity contribution in [2.75, 3.05) is 13.2 Å². The van der Waals surface area contributed by atoms with Gasteiger partial charge >= 0.3 is 0 Å². The SMILES string of the molecule is O[C@H]1CC2(CCOC2)Oc2ccc(Br)cc21. The molecule has 2 aliphatic rings. The van der Waals surface area contributed by atoms with E-state index < -0.39 is 6.10 Å². The summed E-state index contributed by atoms with van der Waals surface area (Å²) < 4.78 is 12.3. The van der Waals surface area contributed by atoms with E-state index in [9.17, 15) is 5.11 Å². The molecule has 0 aromatic heterocycles. The molecule has 1 unspecified atom stereocenters. The van der Waals surface area contributed by atoms with Gasteiger partial charge in [-0.1, -0.05) is 15.9 Å². The van der Waals surface area contributed by atoms with Gasteiger partial charge in [0.05, 0.1) is 19.3 Å². The lowest BCUT2D eigenvalue weighted by atomic mass is 9.88. The molecular formula is C12H13BrO3. The lowest BCUT2D eigenvalue weighted by molar-refractivity contribution is -0.0194. The third kappa shape index (κ3) is 1.65. The molecule has 0 radical (unpaired) electrons. The Bertz CT molecular complexity index is 413. The van der Waals surface area contributed by atoms with E-state index in [1.807, 2.05) is 18.2 Å². The average molecular weight is 285 g/mol. The largest absolute Gasteiger partial charge is 0.484 e. The van der Waals surface area contributed by atoms with Crippen LogP contribution in [0.25, 0.3) is 0 Å². The fraction of sp³-hybridized carbons (Fsp3) is 0.500. The maximum Gasteiger partial charge on any atom is 0.137 e. The van der Waals surface area contributed by atoms with Crippen molar-refractivity contribution < 1.29 is 14.6 Å². The molecule has 2 heterocycles. The Morgan fingerprint density at radius 2 is 2.31 bits per heavy atom. The number of aliphatic hydroxyl groups is 1. The zero-order valence-corrected chi connectivity index (χ0v) is 10.4. The van der Waals surface area contributed by atoms with Gasteiger partial charge in [-0.25, -0.2) is 0 Å². The van der Waals surface area contributed by atoms with Gasteiger partial charge in [0.1, 0.15) is 11.4 Å². The van der Waals surface area contributed by atoms with Crippen molar-refractivity contribution in [2.45, 2.75) is 24.5 Å². The topological polar surface area (TPSA) is 38.7 Å². The Balaban J connectivity index is 1.99. The van der Waals surface area contributed by atoms with Gasteiger partial charge in [-0.2, -0.15) is 0 Å². The molecule has 1 spiro atoms. The molecule has 0 amide bonds. The molecule has 0 bridgehead atoms. The molecule has 1 aromatic carbocycles. The third-order valence-corrected chi connectivity index (χ3v) is 3.78. The first-order valence-electron chi connectivity index (χ1n) is 5.43. The predicted molar refractivity (Wildman–Crippen MR) is 62.5 cm³/mol. The number of rotatable bonds is 0. The minimum atomic E-state index is -0.456. The molecule has 16 heavy (non-hydrogen) atoms. The lowest BCUT2D eigenvalue weighted by Crippen LogP contribution is -2.41. The first-order valence-corrected chi connectivity index (χ1v) is 6.22. The summed E-state index contributed by atoms with van der Waals surface area (Å²) in [6.45, 7) is 1.30. The summed E-state index contributed by atoms with van der Waals surface area (Å²) in [5.74, 6) is 0.785. The summed E-state index contributed by atoms with van der Waals surface area (Å²) in [5.41, 5.74) is 0.562. The summed E-state index contributed by atoms with van der Waals surface area (Å²) >= 11 is 3.40. The summed E-state index contributed by atoms with van der Waals surface area (Å²) in [6, 6.07) is 5.75. The minimum Gasteiger partial charge on any atom is -0.484 e. The fourth-order valence-electron chi connectivity index (χ4n) is 2.44. The van der Waals surface area contributed by atoms with E-state index in [-0.39, 0.29) is 5.60 Å². The van der Waals surface area contributed by atoms with Crippen LogP contribution in [0.1, 0.15) is 24.5 Å². The highest BCUT2D eigenvalue weighted by Gasteiger charge is 2.43. The average Bonchev–Trinajstić information content (AvgIpc) is 2.68. The van der Waals surface area contributed by atoms with Crippen LogP contribution < -0.4 is 4.74 Å². The zero-order valence-electron chi connectivity index (χ0n) is 8.78. The molecule has 4 heteroatoms. The van der Waals surface area contributed by atoms with E-state index in [0.29, 0.717) is 13.0 Å². The first-order chi connectivity index (χ1) is 7.69. The molecule has 2 aliphatic heterocycles. The monoisotopic (exact) mass is 284 g/mol. The van der Waals surface area contributed by atoms with Gasteiger partial charge in [0.25, 0.3) is 0 Å². The lowest BCUT2D eigenvalue weighted by Gasteiger charge is -2.37. The van der Waals surface area contributed by atoms with Gasteiger partial charge < -0.3 is 14.6 Å². The van der Waals surface area contributed by atoms with E-state index in [1.54, 1.807) is 0 Å². The molecule has 86 valence electrons. The highest BCUT2D eigenvalue weighted by atomic mass is 79.9. The van der Waals surface area contributed by atoms with E-state index in [4.69, 9.17) is 9.47 Å². The molecule has 3 nitrogen and oxygen atoms in total. The van der Waals surface area contributed by atoms with Gasteiger partial charge in [-0.15, -0.1) is 0 Å². The highest BCUT2D eigenvalue weighted by molar-refractivity contribution is 9.10. The fourth-order valence-corrected chi connectivity index (χ4v) is 2.82. The van der Waals surface area contributed by atoms with Gasteiger partial charge in [0.2, 0.25) is 0 Å². The van der Waals surface area contributed by atoms with E-state index >= 15 is 0 Å². The number of ether oxygens (including phenoxy) is 2. The Morgan fingerprint density at radius 1 is 1.44 bits per heavy atom. The van der Waals surface area contributed by atoms with Crippen LogP contribution in [0.2, 0.25) is 0 Å². The zero-order chi connectivity index (χ0) is 11.2. The van der Waals surface area contributed by atoms with Crippen LogP contribution >= 0.6 is 15.9 Å². The second-order valence-corrected chi connectivity index (χ2v) is 5.41. The van der Waals surface area contributed by atoms with Crippen LogP contribution in [-0.4, -0.2) is 23.9 Å². The normalized spacial score (nSPS) is 32.5. The number of benzene rings is 1. The maximum absolute atomic E-state index is 10.2. The van der Waals surface area contributed by atoms with Gasteiger partial charge in [0.15, 0.2) is 0 Å². The molecule has 0 saturated carbocycles. The third-order valence-electron chi connectivity index (χ3n) is 3.29. The molecule has 0 aliphatic carbocycles. The summed E-state index contributed by atoms with van der Waals surface area (Å²) in [4.78, 5) is 0. The van der Waals surface area contributed by atoms with Crippen molar-refractivity contribution >= 4 is 15.9 Å². The number of aliphatic hydroxyl groups excluding tert-OH is 1. The highest BCUT2D eigenvalue weighted by Crippen LogP contribution is 2.43. The van der Waals surface area contributed by atoms with Gasteiger partial charge in [-0.3, -0.25) is 0 Å². The summed E-state index contributed by atoms with van der Waals surface area (Å²) in [6.07, 6.45) is 1.03. The van der Waals surface area contributed by atoms with Crippen molar-refractivity contribution in [3.8, 4) is 5.75 Å². The van der Waals surface area contributed by atoms with Crippen LogP contribution in [0.15, 0.2) is 22.7 Å². The number of hydrogen-bond acceptors (Lipinski definition) is 3. The van der Waals surface area contributed by atoms with Crippen molar-refractivity contribution in [1.29, 1.82) is 0 Å². The van der Waals surface area contributed by atoms with E-state index in [0.717, 1.165) is 28.8 Å². The minimum absolute atomic E-state index is 0.305. The molecule has 1 N–H and O–H groups in total. The Hall–Kier alpha value is -0.580. The van der Waals surface area contributed by atoms with E-state index in [1.165, 1.54) is 0 Å². The summed E-state index contributed by atoms with van der Waals surface area (Å²) in [5, 5.41) is 10.2. The molecule has 3 rings (SSSR count). The molecule has 1 fully saturated rings. The Labute approximate surface area is 102 Å². The molecular weight excluding hydrogens is 272 g/mol. The van der Waals surface area contributed by atoms with Crippen LogP contribution in [-0.2, 0) is 4.74 Å². The second-order valence-electron chi connectivity index (χ2n) is 4.49. The molecule has 2 atom stereocenters. The standard InChI is InChI=1S/C12H13BrO3/c13-8-1-2-11-9(5-8)10(14)6-12(16-11)3-4-15-7-12/h1-2,5,10,14H,3-4,6-7H2/t10-,12?/m0/s1. The smallest absolute Gasteiger partial charge is 0.137 e. The molecule has 1 aromatic rings. The van der Waals surface area contributed by atoms with Crippen LogP contribution in [0.5, 0.6) is 5.75 Å².